The number of hydrogen-bond donors (Lipinski definition) is 4. The Labute approximate surface area is 111 Å². The Kier molecular flexibility index (Phi) is 3.53. The molecule has 0 saturated carbocycles. The highest BCUT2D eigenvalue weighted by Gasteiger charge is 2.21. The summed E-state index contributed by atoms with van der Waals surface area (Å²) in [6, 6.07) is 3.44. The van der Waals surface area contributed by atoms with E-state index in [0.29, 0.717) is 29.2 Å². The van der Waals surface area contributed by atoms with Crippen molar-refractivity contribution in [2.24, 2.45) is 0 Å². The lowest BCUT2D eigenvalue weighted by Gasteiger charge is -2.29. The van der Waals surface area contributed by atoms with Crippen LogP contribution in [0.25, 0.3) is 0 Å². The molecule has 1 aromatic rings. The molecule has 0 aliphatic carbocycles. The predicted octanol–water partition coefficient (Wildman–Crippen LogP) is 1.17. The van der Waals surface area contributed by atoms with Crippen LogP contribution in [0.5, 0.6) is 5.75 Å². The van der Waals surface area contributed by atoms with Crippen LogP contribution in [0, 0.1) is 0 Å². The number of hydrogen-bond acceptors (Lipinski definition) is 5. The van der Waals surface area contributed by atoms with Gasteiger partial charge < -0.3 is 26.2 Å². The lowest BCUT2D eigenvalue weighted by Crippen LogP contribution is -2.32. The molecule has 0 atom stereocenters. The number of aliphatic hydroxyl groups is 1. The second-order valence-electron chi connectivity index (χ2n) is 5.25. The predicted molar refractivity (Wildman–Crippen MR) is 74.4 cm³/mol. The van der Waals surface area contributed by atoms with Crippen molar-refractivity contribution in [3.8, 4) is 5.75 Å². The van der Waals surface area contributed by atoms with Gasteiger partial charge in [-0.2, -0.15) is 0 Å². The maximum atomic E-state index is 11.3. The van der Waals surface area contributed by atoms with E-state index in [0.717, 1.165) is 0 Å². The van der Waals surface area contributed by atoms with Crippen molar-refractivity contribution in [2.45, 2.75) is 25.8 Å². The van der Waals surface area contributed by atoms with Gasteiger partial charge in [-0.25, -0.2) is 0 Å². The largest absolute Gasteiger partial charge is 0.482 e. The third-order valence-electron chi connectivity index (χ3n) is 2.99. The molecule has 19 heavy (non-hydrogen) atoms. The van der Waals surface area contributed by atoms with Gasteiger partial charge in [-0.05, 0) is 26.3 Å². The van der Waals surface area contributed by atoms with Gasteiger partial charge >= 0.3 is 0 Å². The third kappa shape index (κ3) is 3.08. The normalized spacial score (nSPS) is 14.4. The number of rotatable bonds is 4. The van der Waals surface area contributed by atoms with Crippen LogP contribution in [0.2, 0.25) is 0 Å². The summed E-state index contributed by atoms with van der Waals surface area (Å²) < 4.78 is 5.29. The van der Waals surface area contributed by atoms with E-state index in [1.807, 2.05) is 13.8 Å². The van der Waals surface area contributed by atoms with Gasteiger partial charge in [0.2, 0.25) is 0 Å². The minimum atomic E-state index is -0.295. The summed E-state index contributed by atoms with van der Waals surface area (Å²) in [5.74, 6) is 0.389. The number of anilines is 3. The molecule has 1 aliphatic heterocycles. The summed E-state index contributed by atoms with van der Waals surface area (Å²) in [7, 11) is 0. The Bertz CT molecular complexity index is 500. The summed E-state index contributed by atoms with van der Waals surface area (Å²) in [6.45, 7) is 4.04. The molecule has 1 heterocycles. The number of carbonyl (C=O) groups excluding carboxylic acids is 1. The maximum absolute atomic E-state index is 11.3. The fourth-order valence-electron chi connectivity index (χ4n) is 1.96. The van der Waals surface area contributed by atoms with E-state index in [9.17, 15) is 4.79 Å². The fraction of sp³-hybridized carbons (Fsp3) is 0.462. The molecule has 6 heteroatoms. The highest BCUT2D eigenvalue weighted by Crippen LogP contribution is 2.36. The second-order valence-corrected chi connectivity index (χ2v) is 5.25. The van der Waals surface area contributed by atoms with Crippen molar-refractivity contribution in [1.82, 2.24) is 0 Å². The molecule has 2 rings (SSSR count). The zero-order valence-corrected chi connectivity index (χ0v) is 11.1. The first kappa shape index (κ1) is 13.5. The maximum Gasteiger partial charge on any atom is 0.262 e. The van der Waals surface area contributed by atoms with Gasteiger partial charge in [0.15, 0.2) is 6.61 Å². The number of fused-ring (bicyclic) bond motifs is 1. The average Bonchev–Trinajstić information content (AvgIpc) is 2.30. The molecule has 0 radical (unpaired) electrons. The quantitative estimate of drug-likeness (QED) is 0.613. The van der Waals surface area contributed by atoms with Crippen LogP contribution in [0.15, 0.2) is 12.1 Å². The van der Waals surface area contributed by atoms with Crippen LogP contribution in [-0.4, -0.2) is 29.8 Å². The van der Waals surface area contributed by atoms with E-state index in [1.54, 1.807) is 12.1 Å². The van der Waals surface area contributed by atoms with Crippen molar-refractivity contribution in [1.29, 1.82) is 0 Å². The van der Waals surface area contributed by atoms with Crippen LogP contribution in [-0.2, 0) is 4.79 Å². The minimum absolute atomic E-state index is 0.00915. The van der Waals surface area contributed by atoms with Gasteiger partial charge in [0.1, 0.15) is 5.75 Å². The SMILES string of the molecule is CC(C)(CCO)Nc1cc2c(cc1N)OCC(=O)N2. The number of carbonyl (C=O) groups is 1. The Balaban J connectivity index is 2.27. The topological polar surface area (TPSA) is 96.6 Å². The third-order valence-corrected chi connectivity index (χ3v) is 2.99. The van der Waals surface area contributed by atoms with Crippen molar-refractivity contribution in [2.75, 3.05) is 29.6 Å². The van der Waals surface area contributed by atoms with E-state index in [2.05, 4.69) is 10.6 Å². The standard InChI is InChI=1S/C13H19N3O3/c1-13(2,3-4-17)16-9-6-10-11(5-8(9)14)19-7-12(18)15-10/h5-6,16-17H,3-4,7,14H2,1-2H3,(H,15,18). The molecule has 0 bridgehead atoms. The van der Waals surface area contributed by atoms with Gasteiger partial charge in [0.25, 0.3) is 5.91 Å². The second kappa shape index (κ2) is 4.97. The number of nitrogens with two attached hydrogens (primary N) is 1. The highest BCUT2D eigenvalue weighted by molar-refractivity contribution is 5.97. The molecular formula is C13H19N3O3. The molecule has 0 saturated heterocycles. The first-order valence-corrected chi connectivity index (χ1v) is 6.16. The van der Waals surface area contributed by atoms with E-state index in [4.69, 9.17) is 15.6 Å². The van der Waals surface area contributed by atoms with Gasteiger partial charge in [0, 0.05) is 18.2 Å². The summed E-state index contributed by atoms with van der Waals surface area (Å²) in [5, 5.41) is 15.0. The molecule has 6 nitrogen and oxygen atoms in total. The van der Waals surface area contributed by atoms with Gasteiger partial charge in [-0.3, -0.25) is 4.79 Å². The Hall–Kier alpha value is -1.95. The molecule has 0 unspecified atom stereocenters. The van der Waals surface area contributed by atoms with Crippen LogP contribution in [0.1, 0.15) is 20.3 Å². The Morgan fingerprint density at radius 3 is 2.95 bits per heavy atom. The number of nitrogen functional groups attached to an aromatic ring is 1. The Morgan fingerprint density at radius 1 is 1.53 bits per heavy atom. The van der Waals surface area contributed by atoms with Crippen LogP contribution in [0.3, 0.4) is 0 Å². The summed E-state index contributed by atoms with van der Waals surface area (Å²) in [5.41, 5.74) is 7.53. The van der Waals surface area contributed by atoms with Crippen molar-refractivity contribution in [3.63, 3.8) is 0 Å². The van der Waals surface area contributed by atoms with Gasteiger partial charge in [-0.15, -0.1) is 0 Å². The van der Waals surface area contributed by atoms with Crippen LogP contribution >= 0.6 is 0 Å². The highest BCUT2D eigenvalue weighted by atomic mass is 16.5. The fourth-order valence-corrected chi connectivity index (χ4v) is 1.96. The molecule has 0 fully saturated rings. The zero-order chi connectivity index (χ0) is 14.0. The molecule has 5 N–H and O–H groups in total. The molecule has 0 spiro atoms. The van der Waals surface area contributed by atoms with E-state index < -0.39 is 0 Å². The number of aliphatic hydroxyl groups excluding tert-OH is 1. The van der Waals surface area contributed by atoms with Crippen molar-refractivity contribution in [3.05, 3.63) is 12.1 Å². The monoisotopic (exact) mass is 265 g/mol. The van der Waals surface area contributed by atoms with Crippen LogP contribution < -0.4 is 21.1 Å². The number of nitrogens with one attached hydrogen (secondary N) is 2. The van der Waals surface area contributed by atoms with Gasteiger partial charge in [0.05, 0.1) is 17.1 Å². The molecule has 0 aromatic heterocycles. The number of ether oxygens (including phenoxy) is 1. The average molecular weight is 265 g/mol. The Morgan fingerprint density at radius 2 is 2.26 bits per heavy atom. The zero-order valence-electron chi connectivity index (χ0n) is 11.1. The van der Waals surface area contributed by atoms with Crippen molar-refractivity contribution < 1.29 is 14.6 Å². The summed E-state index contributed by atoms with van der Waals surface area (Å²) in [6.07, 6.45) is 0.590. The first-order chi connectivity index (χ1) is 8.91. The van der Waals surface area contributed by atoms with E-state index >= 15 is 0 Å². The molecule has 1 aliphatic rings. The van der Waals surface area contributed by atoms with Gasteiger partial charge in [-0.1, -0.05) is 0 Å². The lowest BCUT2D eigenvalue weighted by atomic mass is 10.0. The number of amides is 1. The first-order valence-electron chi connectivity index (χ1n) is 6.16. The van der Waals surface area contributed by atoms with Crippen molar-refractivity contribution >= 4 is 23.0 Å². The molecule has 104 valence electrons. The number of benzene rings is 1. The minimum Gasteiger partial charge on any atom is -0.482 e. The molecule has 1 amide bonds. The van der Waals surface area contributed by atoms with Crippen LogP contribution in [0.4, 0.5) is 17.1 Å². The summed E-state index contributed by atoms with van der Waals surface area (Å²) >= 11 is 0. The van der Waals surface area contributed by atoms with E-state index in [-0.39, 0.29) is 24.7 Å². The van der Waals surface area contributed by atoms with E-state index in [1.165, 1.54) is 0 Å². The smallest absolute Gasteiger partial charge is 0.262 e. The molecular weight excluding hydrogens is 246 g/mol. The lowest BCUT2D eigenvalue weighted by molar-refractivity contribution is -0.118. The summed E-state index contributed by atoms with van der Waals surface area (Å²) in [4.78, 5) is 11.3. The molecule has 1 aromatic carbocycles.